The van der Waals surface area contributed by atoms with E-state index in [4.69, 9.17) is 5.11 Å². The molecule has 0 fully saturated rings. The average Bonchev–Trinajstić information content (AvgIpc) is 3.10. The van der Waals surface area contributed by atoms with Crippen LogP contribution in [0.5, 0.6) is 0 Å². The molecule has 0 aliphatic rings. The molecule has 2 aromatic heterocycles. The number of hydrogen-bond donors (Lipinski definition) is 4. The van der Waals surface area contributed by atoms with Crippen LogP contribution in [0, 0.1) is 20.8 Å². The first kappa shape index (κ1) is 27.1. The minimum absolute atomic E-state index is 0.0225. The van der Waals surface area contributed by atoms with Gasteiger partial charge in [0.05, 0.1) is 24.2 Å². The molecular formula is C28H35N3O5. The molecule has 8 nitrogen and oxygen atoms in total. The maximum Gasteiger partial charge on any atom is 0.305 e. The van der Waals surface area contributed by atoms with Gasteiger partial charge in [0.2, 0.25) is 0 Å². The second-order valence-electron chi connectivity index (χ2n) is 9.26. The van der Waals surface area contributed by atoms with E-state index >= 15 is 0 Å². The number of aliphatic hydroxyl groups is 2. The number of rotatable bonds is 11. The quantitative estimate of drug-likeness (QED) is 0.316. The zero-order chi connectivity index (χ0) is 26.4. The third kappa shape index (κ3) is 6.59. The number of carboxylic acid groups (broad SMARTS) is 1. The Morgan fingerprint density at radius 3 is 2.25 bits per heavy atom. The van der Waals surface area contributed by atoms with Gasteiger partial charge in [-0.1, -0.05) is 42.8 Å². The van der Waals surface area contributed by atoms with Gasteiger partial charge in [0, 0.05) is 29.7 Å². The number of carbonyl (C=O) groups is 2. The molecule has 3 aromatic rings. The monoisotopic (exact) mass is 493 g/mol. The van der Waals surface area contributed by atoms with E-state index in [-0.39, 0.29) is 12.3 Å². The molecule has 0 aliphatic carbocycles. The third-order valence-electron chi connectivity index (χ3n) is 6.33. The molecular weight excluding hydrogens is 458 g/mol. The van der Waals surface area contributed by atoms with E-state index in [9.17, 15) is 19.8 Å². The number of carboxylic acids is 1. The Hall–Kier alpha value is -3.49. The normalized spacial score (nSPS) is 12.8. The Labute approximate surface area is 211 Å². The maximum atomic E-state index is 13.5. The molecule has 0 bridgehead atoms. The van der Waals surface area contributed by atoms with Crippen LogP contribution in [-0.2, 0) is 17.8 Å². The lowest BCUT2D eigenvalue weighted by molar-refractivity contribution is -0.139. The molecule has 0 radical (unpaired) electrons. The molecule has 36 heavy (non-hydrogen) atoms. The highest BCUT2D eigenvalue weighted by atomic mass is 16.4. The van der Waals surface area contributed by atoms with Crippen LogP contribution in [0.15, 0.2) is 42.6 Å². The van der Waals surface area contributed by atoms with Gasteiger partial charge in [-0.2, -0.15) is 0 Å². The summed E-state index contributed by atoms with van der Waals surface area (Å²) in [5.41, 5.74) is 6.18. The Morgan fingerprint density at radius 2 is 1.67 bits per heavy atom. The first-order valence-electron chi connectivity index (χ1n) is 12.2. The van der Waals surface area contributed by atoms with Crippen molar-refractivity contribution in [3.63, 3.8) is 0 Å². The van der Waals surface area contributed by atoms with Crippen molar-refractivity contribution in [2.24, 2.45) is 0 Å². The second kappa shape index (κ2) is 12.0. The van der Waals surface area contributed by atoms with Gasteiger partial charge in [0.15, 0.2) is 0 Å². The van der Waals surface area contributed by atoms with Crippen molar-refractivity contribution in [1.82, 2.24) is 9.55 Å². The summed E-state index contributed by atoms with van der Waals surface area (Å²) in [6, 6.07) is 11.7. The lowest BCUT2D eigenvalue weighted by atomic mass is 9.97. The minimum atomic E-state index is -1.11. The molecule has 192 valence electrons. The Balaban J connectivity index is 1.97. The van der Waals surface area contributed by atoms with Crippen molar-refractivity contribution in [3.05, 3.63) is 70.7 Å². The van der Waals surface area contributed by atoms with Crippen LogP contribution in [0.4, 0.5) is 5.82 Å². The number of benzene rings is 1. The predicted octanol–water partition coefficient (Wildman–Crippen LogP) is 4.27. The molecule has 0 saturated heterocycles. The van der Waals surface area contributed by atoms with Crippen molar-refractivity contribution in [2.75, 3.05) is 5.32 Å². The van der Waals surface area contributed by atoms with Gasteiger partial charge in [-0.15, -0.1) is 0 Å². The standard InChI is InChI=1S/C28H35N3O5/c1-5-23-27(20-9-6-17(2)7-10-20)26(28(36)30-24-11-8-18(3)16-29-24)19(4)31(23)13-12-21(32)14-22(33)15-25(34)35/h6-11,16,21-22,32-33H,5,12-15H2,1-4H3,(H,34,35)(H,29,30,36). The van der Waals surface area contributed by atoms with Gasteiger partial charge in [-0.3, -0.25) is 9.59 Å². The number of aliphatic carboxylic acids is 1. The number of aliphatic hydroxyl groups excluding tert-OH is 2. The Morgan fingerprint density at radius 1 is 1.00 bits per heavy atom. The molecule has 0 spiro atoms. The molecule has 2 atom stereocenters. The van der Waals surface area contributed by atoms with E-state index < -0.39 is 24.6 Å². The van der Waals surface area contributed by atoms with Crippen molar-refractivity contribution in [2.45, 2.75) is 72.1 Å². The highest BCUT2D eigenvalue weighted by Gasteiger charge is 2.26. The zero-order valence-corrected chi connectivity index (χ0v) is 21.3. The number of hydrogen-bond acceptors (Lipinski definition) is 5. The van der Waals surface area contributed by atoms with Gasteiger partial charge in [0.25, 0.3) is 5.91 Å². The summed E-state index contributed by atoms with van der Waals surface area (Å²) in [6.07, 6.45) is 0.264. The van der Waals surface area contributed by atoms with E-state index in [2.05, 4.69) is 10.3 Å². The van der Waals surface area contributed by atoms with E-state index in [1.807, 2.05) is 62.6 Å². The summed E-state index contributed by atoms with van der Waals surface area (Å²) < 4.78 is 2.04. The average molecular weight is 494 g/mol. The zero-order valence-electron chi connectivity index (χ0n) is 21.3. The van der Waals surface area contributed by atoms with E-state index in [0.717, 1.165) is 33.6 Å². The van der Waals surface area contributed by atoms with Crippen molar-refractivity contribution >= 4 is 17.7 Å². The summed E-state index contributed by atoms with van der Waals surface area (Å²) in [4.78, 5) is 28.7. The van der Waals surface area contributed by atoms with Crippen LogP contribution >= 0.6 is 0 Å². The Bertz CT molecular complexity index is 1200. The fourth-order valence-corrected chi connectivity index (χ4v) is 4.49. The predicted molar refractivity (Wildman–Crippen MR) is 139 cm³/mol. The van der Waals surface area contributed by atoms with E-state index in [1.54, 1.807) is 12.3 Å². The van der Waals surface area contributed by atoms with Gasteiger partial charge < -0.3 is 25.2 Å². The SMILES string of the molecule is CCc1c(-c2ccc(C)cc2)c(C(=O)Nc2ccc(C)cn2)c(C)n1CCC(O)CC(O)CC(=O)O. The first-order valence-corrected chi connectivity index (χ1v) is 12.2. The maximum absolute atomic E-state index is 13.5. The van der Waals surface area contributed by atoms with E-state index in [0.29, 0.717) is 30.8 Å². The van der Waals surface area contributed by atoms with Gasteiger partial charge in [-0.05, 0) is 57.2 Å². The lowest BCUT2D eigenvalue weighted by Gasteiger charge is -2.17. The number of carbonyl (C=O) groups excluding carboxylic acids is 1. The number of aryl methyl sites for hydroxylation is 2. The van der Waals surface area contributed by atoms with Crippen LogP contribution in [0.1, 0.15) is 59.1 Å². The number of nitrogens with zero attached hydrogens (tertiary/aromatic N) is 2. The van der Waals surface area contributed by atoms with E-state index in [1.165, 1.54) is 0 Å². The summed E-state index contributed by atoms with van der Waals surface area (Å²) >= 11 is 0. The van der Waals surface area contributed by atoms with Crippen LogP contribution < -0.4 is 5.32 Å². The third-order valence-corrected chi connectivity index (χ3v) is 6.33. The van der Waals surface area contributed by atoms with Crippen molar-refractivity contribution < 1.29 is 24.9 Å². The highest BCUT2D eigenvalue weighted by molar-refractivity contribution is 6.10. The summed E-state index contributed by atoms with van der Waals surface area (Å²) in [5, 5.41) is 32.1. The first-order chi connectivity index (χ1) is 17.1. The number of pyridine rings is 1. The van der Waals surface area contributed by atoms with Crippen LogP contribution in [0.25, 0.3) is 11.1 Å². The number of anilines is 1. The molecule has 4 N–H and O–H groups in total. The highest BCUT2D eigenvalue weighted by Crippen LogP contribution is 2.34. The van der Waals surface area contributed by atoms with Crippen molar-refractivity contribution in [1.29, 1.82) is 0 Å². The van der Waals surface area contributed by atoms with Gasteiger partial charge in [-0.25, -0.2) is 4.98 Å². The van der Waals surface area contributed by atoms with Gasteiger partial charge in [0.1, 0.15) is 5.82 Å². The summed E-state index contributed by atoms with van der Waals surface area (Å²) in [7, 11) is 0. The molecule has 3 rings (SSSR count). The van der Waals surface area contributed by atoms with Crippen LogP contribution in [-0.4, -0.2) is 49.0 Å². The minimum Gasteiger partial charge on any atom is -0.481 e. The number of nitrogens with one attached hydrogen (secondary N) is 1. The van der Waals surface area contributed by atoms with Gasteiger partial charge >= 0.3 is 5.97 Å². The van der Waals surface area contributed by atoms with Crippen molar-refractivity contribution in [3.8, 4) is 11.1 Å². The fourth-order valence-electron chi connectivity index (χ4n) is 4.49. The topological polar surface area (TPSA) is 125 Å². The van der Waals surface area contributed by atoms with Crippen LogP contribution in [0.3, 0.4) is 0 Å². The fraction of sp³-hybridized carbons (Fsp3) is 0.393. The number of amides is 1. The number of aromatic nitrogens is 2. The summed E-state index contributed by atoms with van der Waals surface area (Å²) in [6.45, 7) is 8.28. The molecule has 0 saturated carbocycles. The molecule has 8 heteroatoms. The molecule has 0 aliphatic heterocycles. The summed E-state index contributed by atoms with van der Waals surface area (Å²) in [5.74, 6) is -0.899. The smallest absolute Gasteiger partial charge is 0.305 e. The van der Waals surface area contributed by atoms with Crippen LogP contribution in [0.2, 0.25) is 0 Å². The largest absolute Gasteiger partial charge is 0.481 e. The lowest BCUT2D eigenvalue weighted by Crippen LogP contribution is -2.22. The molecule has 1 amide bonds. The molecule has 2 heterocycles. The Kier molecular flexibility index (Phi) is 9.01. The molecule has 2 unspecified atom stereocenters. The second-order valence-corrected chi connectivity index (χ2v) is 9.26. The molecule has 1 aromatic carbocycles.